The molecule has 0 aliphatic carbocycles. The van der Waals surface area contributed by atoms with Crippen molar-refractivity contribution in [2.45, 2.75) is 32.0 Å². The van der Waals surface area contributed by atoms with Crippen molar-refractivity contribution in [3.05, 3.63) is 100 Å². The van der Waals surface area contributed by atoms with Crippen LogP contribution in [0.4, 0.5) is 10.5 Å². The van der Waals surface area contributed by atoms with Crippen molar-refractivity contribution in [1.29, 1.82) is 0 Å². The predicted octanol–water partition coefficient (Wildman–Crippen LogP) is 3.92. The van der Waals surface area contributed by atoms with Gasteiger partial charge in [0, 0.05) is 15.6 Å². The summed E-state index contributed by atoms with van der Waals surface area (Å²) in [5.41, 5.74) is 3.17. The highest BCUT2D eigenvalue weighted by Gasteiger charge is 2.26. The van der Waals surface area contributed by atoms with E-state index in [4.69, 9.17) is 9.47 Å². The minimum absolute atomic E-state index is 0.0996. The number of quaternary nitrogens is 1. The second-order valence-electron chi connectivity index (χ2n) is 8.29. The Morgan fingerprint density at radius 1 is 0.973 bits per heavy atom. The molecule has 4 N–H and O–H groups in total. The lowest BCUT2D eigenvalue weighted by molar-refractivity contribution is -0.677. The van der Waals surface area contributed by atoms with E-state index in [9.17, 15) is 14.4 Å². The topological polar surface area (TPSA) is 110 Å². The summed E-state index contributed by atoms with van der Waals surface area (Å²) >= 11 is 3.52. The zero-order valence-corrected chi connectivity index (χ0v) is 22.4. The van der Waals surface area contributed by atoms with Crippen molar-refractivity contribution >= 4 is 39.6 Å². The van der Waals surface area contributed by atoms with E-state index in [1.807, 2.05) is 78.1 Å². The van der Waals surface area contributed by atoms with E-state index in [0.29, 0.717) is 12.1 Å². The van der Waals surface area contributed by atoms with Crippen molar-refractivity contribution in [3.8, 4) is 0 Å². The number of hydrogen-bond acceptors (Lipinski definition) is 5. The summed E-state index contributed by atoms with van der Waals surface area (Å²) < 4.78 is 10.9. The molecule has 0 aliphatic rings. The lowest BCUT2D eigenvalue weighted by atomic mass is 9.96. The standard InChI is InChI=1S/C28H30BrN3O5/c1-3-23(32-28(35)37-18-19-10-6-4-7-11-19)27(34)31-24-15-14-21(29)16-22(24)26(30-17-25(33)36-2)20-12-8-5-9-13-20/h4-16,23,26,30H,3,17-18H2,1-2H3,(H,31,34)(H,32,35)/p+1/t23-,26+/m1/s1. The summed E-state index contributed by atoms with van der Waals surface area (Å²) in [6.45, 7) is 2.01. The first-order chi connectivity index (χ1) is 17.9. The van der Waals surface area contributed by atoms with E-state index >= 15 is 0 Å². The fourth-order valence-corrected chi connectivity index (χ4v) is 4.16. The minimum Gasteiger partial charge on any atom is -0.465 e. The molecule has 3 aromatic carbocycles. The first kappa shape index (κ1) is 27.9. The molecule has 0 saturated carbocycles. The molecule has 9 heteroatoms. The van der Waals surface area contributed by atoms with Gasteiger partial charge in [-0.25, -0.2) is 9.59 Å². The number of methoxy groups -OCH3 is 1. The van der Waals surface area contributed by atoms with Crippen LogP contribution in [0.3, 0.4) is 0 Å². The monoisotopic (exact) mass is 568 g/mol. The first-order valence-corrected chi connectivity index (χ1v) is 12.7. The smallest absolute Gasteiger partial charge is 0.408 e. The molecule has 0 aromatic heterocycles. The summed E-state index contributed by atoms with van der Waals surface area (Å²) in [5, 5.41) is 7.45. The van der Waals surface area contributed by atoms with E-state index in [1.165, 1.54) is 7.11 Å². The lowest BCUT2D eigenvalue weighted by Gasteiger charge is -2.22. The Kier molecular flexibility index (Phi) is 10.7. The Labute approximate surface area is 224 Å². The Morgan fingerprint density at radius 2 is 1.65 bits per heavy atom. The summed E-state index contributed by atoms with van der Waals surface area (Å²) in [4.78, 5) is 37.4. The molecule has 0 fully saturated rings. The Hall–Kier alpha value is -3.69. The van der Waals surface area contributed by atoms with Gasteiger partial charge in [0.05, 0.1) is 12.8 Å². The number of amides is 2. The van der Waals surface area contributed by atoms with Gasteiger partial charge in [0.2, 0.25) is 5.91 Å². The molecule has 0 spiro atoms. The molecule has 0 radical (unpaired) electrons. The molecule has 0 heterocycles. The number of halogens is 1. The van der Waals surface area contributed by atoms with Gasteiger partial charge in [-0.05, 0) is 30.2 Å². The second kappa shape index (κ2) is 14.2. The zero-order chi connectivity index (χ0) is 26.6. The van der Waals surface area contributed by atoms with Gasteiger partial charge in [-0.3, -0.25) is 4.79 Å². The van der Waals surface area contributed by atoms with Crippen molar-refractivity contribution in [2.24, 2.45) is 0 Å². The molecule has 0 unspecified atom stereocenters. The third kappa shape index (κ3) is 8.44. The summed E-state index contributed by atoms with van der Waals surface area (Å²) in [5.74, 6) is -0.728. The highest BCUT2D eigenvalue weighted by atomic mass is 79.9. The molecule has 37 heavy (non-hydrogen) atoms. The number of nitrogens with one attached hydrogen (secondary N) is 2. The maximum absolute atomic E-state index is 13.2. The molecule has 2 atom stereocenters. The third-order valence-corrected chi connectivity index (χ3v) is 6.24. The van der Waals surface area contributed by atoms with Crippen LogP contribution in [0.5, 0.6) is 0 Å². The Bertz CT molecular complexity index is 1190. The SMILES string of the molecule is CC[C@@H](NC(=O)OCc1ccccc1)C(=O)Nc1ccc(Br)cc1[C@@H]([NH2+]CC(=O)OC)c1ccccc1. The maximum Gasteiger partial charge on any atom is 0.408 e. The molecule has 194 valence electrons. The summed E-state index contributed by atoms with van der Waals surface area (Å²) in [7, 11) is 1.35. The minimum atomic E-state index is -0.797. The van der Waals surface area contributed by atoms with Gasteiger partial charge in [-0.15, -0.1) is 0 Å². The van der Waals surface area contributed by atoms with E-state index < -0.39 is 12.1 Å². The third-order valence-electron chi connectivity index (χ3n) is 5.74. The van der Waals surface area contributed by atoms with Crippen LogP contribution in [0.2, 0.25) is 0 Å². The van der Waals surface area contributed by atoms with Crippen LogP contribution in [0.25, 0.3) is 0 Å². The molecule has 3 rings (SSSR count). The van der Waals surface area contributed by atoms with Gasteiger partial charge < -0.3 is 25.4 Å². The molecule has 0 saturated heterocycles. The average Bonchev–Trinajstić information content (AvgIpc) is 2.92. The quantitative estimate of drug-likeness (QED) is 0.304. The largest absolute Gasteiger partial charge is 0.465 e. The van der Waals surface area contributed by atoms with Gasteiger partial charge in [0.25, 0.3) is 0 Å². The summed E-state index contributed by atoms with van der Waals surface area (Å²) in [6.07, 6.45) is -0.301. The van der Waals surface area contributed by atoms with Gasteiger partial charge in [0.1, 0.15) is 18.7 Å². The molecular formula is C28H31BrN3O5+. The van der Waals surface area contributed by atoms with Gasteiger partial charge in [0.15, 0.2) is 6.54 Å². The second-order valence-corrected chi connectivity index (χ2v) is 9.21. The van der Waals surface area contributed by atoms with Crippen molar-refractivity contribution in [2.75, 3.05) is 19.0 Å². The van der Waals surface area contributed by atoms with E-state index in [1.54, 1.807) is 13.0 Å². The number of carbonyl (C=O) groups is 3. The number of rotatable bonds is 11. The highest BCUT2D eigenvalue weighted by Crippen LogP contribution is 2.29. The lowest BCUT2D eigenvalue weighted by Crippen LogP contribution is -2.87. The highest BCUT2D eigenvalue weighted by molar-refractivity contribution is 9.10. The Balaban J connectivity index is 1.77. The number of carbonyl (C=O) groups excluding carboxylic acids is 3. The van der Waals surface area contributed by atoms with Crippen molar-refractivity contribution < 1.29 is 29.2 Å². The van der Waals surface area contributed by atoms with E-state index in [-0.39, 0.29) is 31.1 Å². The molecule has 0 bridgehead atoms. The van der Waals surface area contributed by atoms with Crippen LogP contribution < -0.4 is 16.0 Å². The van der Waals surface area contributed by atoms with E-state index in [0.717, 1.165) is 21.2 Å². The van der Waals surface area contributed by atoms with Crippen LogP contribution in [0.15, 0.2) is 83.3 Å². The normalized spacial score (nSPS) is 12.2. The zero-order valence-electron chi connectivity index (χ0n) is 20.8. The number of ether oxygens (including phenoxy) is 2. The van der Waals surface area contributed by atoms with Crippen molar-refractivity contribution in [1.82, 2.24) is 5.32 Å². The molecule has 8 nitrogen and oxygen atoms in total. The fourth-order valence-electron chi connectivity index (χ4n) is 3.79. The summed E-state index contributed by atoms with van der Waals surface area (Å²) in [6, 6.07) is 23.4. The molecule has 2 amide bonds. The molecule has 0 aliphatic heterocycles. The van der Waals surface area contributed by atoms with Crippen LogP contribution in [-0.2, 0) is 25.7 Å². The number of anilines is 1. The van der Waals surface area contributed by atoms with Gasteiger partial charge in [-0.1, -0.05) is 83.5 Å². The molecular weight excluding hydrogens is 538 g/mol. The van der Waals surface area contributed by atoms with Crippen LogP contribution in [0, 0.1) is 0 Å². The van der Waals surface area contributed by atoms with E-state index in [2.05, 4.69) is 26.6 Å². The maximum atomic E-state index is 13.2. The molecule has 3 aromatic rings. The predicted molar refractivity (Wildman–Crippen MR) is 144 cm³/mol. The number of alkyl carbamates (subject to hydrolysis) is 1. The van der Waals surface area contributed by atoms with Crippen LogP contribution >= 0.6 is 15.9 Å². The number of esters is 1. The van der Waals surface area contributed by atoms with Gasteiger partial charge in [-0.2, -0.15) is 0 Å². The van der Waals surface area contributed by atoms with Gasteiger partial charge >= 0.3 is 12.1 Å². The number of benzene rings is 3. The van der Waals surface area contributed by atoms with Crippen LogP contribution in [0.1, 0.15) is 36.1 Å². The average molecular weight is 569 g/mol. The Morgan fingerprint density at radius 3 is 2.30 bits per heavy atom. The number of hydrogen-bond donors (Lipinski definition) is 3. The fraction of sp³-hybridized carbons (Fsp3) is 0.250. The first-order valence-electron chi connectivity index (χ1n) is 11.9. The van der Waals surface area contributed by atoms with Crippen molar-refractivity contribution in [3.63, 3.8) is 0 Å². The van der Waals surface area contributed by atoms with Crippen LogP contribution in [-0.4, -0.2) is 37.7 Å². The number of nitrogens with two attached hydrogens (primary N) is 1.